The monoisotopic (exact) mass is 220 g/mol. The number of ether oxygens (including phenoxy) is 1. The number of nitrogens with zero attached hydrogens (tertiary/aromatic N) is 2. The molecule has 1 spiro atoms. The van der Waals surface area contributed by atoms with E-state index in [2.05, 4.69) is 20.6 Å². The summed E-state index contributed by atoms with van der Waals surface area (Å²) in [5.41, 5.74) is 0.0620. The topological polar surface area (TPSA) is 59.1 Å². The first-order valence-electron chi connectivity index (χ1n) is 5.75. The molecule has 2 fully saturated rings. The predicted octanol–water partition coefficient (Wildman–Crippen LogP) is 0.409. The minimum Gasteiger partial charge on any atom is -0.371 e. The highest BCUT2D eigenvalue weighted by molar-refractivity contribution is 5.25. The SMILES string of the molecule is c1cnc(N[C@@H]2CO[C@]3(CCNC3)C2)nc1. The molecule has 0 bridgehead atoms. The van der Waals surface area contributed by atoms with Crippen molar-refractivity contribution < 1.29 is 4.74 Å². The van der Waals surface area contributed by atoms with E-state index in [1.165, 1.54) is 0 Å². The maximum atomic E-state index is 5.91. The maximum absolute atomic E-state index is 5.91. The standard InChI is InChI=1S/C11H16N4O/c1-3-13-10(14-4-1)15-9-6-11(16-7-9)2-5-12-8-11/h1,3-4,9,12H,2,5-8H2,(H,13,14,15)/t9-,11+/m0/s1. The molecular weight excluding hydrogens is 204 g/mol. The molecule has 2 aliphatic rings. The van der Waals surface area contributed by atoms with Gasteiger partial charge in [0.1, 0.15) is 0 Å². The second kappa shape index (κ2) is 3.99. The lowest BCUT2D eigenvalue weighted by Gasteiger charge is -2.20. The Bertz CT molecular complexity index is 350. The Labute approximate surface area is 94.6 Å². The minimum absolute atomic E-state index is 0.0620. The summed E-state index contributed by atoms with van der Waals surface area (Å²) >= 11 is 0. The molecule has 2 saturated heterocycles. The molecule has 86 valence electrons. The van der Waals surface area contributed by atoms with Gasteiger partial charge in [-0.15, -0.1) is 0 Å². The summed E-state index contributed by atoms with van der Waals surface area (Å²) in [6.45, 7) is 2.79. The van der Waals surface area contributed by atoms with Gasteiger partial charge < -0.3 is 15.4 Å². The van der Waals surface area contributed by atoms with E-state index in [4.69, 9.17) is 4.74 Å². The number of aromatic nitrogens is 2. The van der Waals surface area contributed by atoms with Crippen LogP contribution in [0.25, 0.3) is 0 Å². The summed E-state index contributed by atoms with van der Waals surface area (Å²) in [7, 11) is 0. The zero-order valence-corrected chi connectivity index (χ0v) is 9.15. The van der Waals surface area contributed by atoms with Gasteiger partial charge in [0, 0.05) is 25.4 Å². The first kappa shape index (κ1) is 9.99. The van der Waals surface area contributed by atoms with E-state index in [0.29, 0.717) is 12.0 Å². The van der Waals surface area contributed by atoms with E-state index >= 15 is 0 Å². The molecule has 0 unspecified atom stereocenters. The molecule has 0 radical (unpaired) electrons. The maximum Gasteiger partial charge on any atom is 0.222 e. The Balaban J connectivity index is 1.62. The summed E-state index contributed by atoms with van der Waals surface area (Å²) < 4.78 is 5.91. The molecule has 1 aromatic heterocycles. The average molecular weight is 220 g/mol. The molecule has 5 heteroatoms. The third-order valence-corrected chi connectivity index (χ3v) is 3.31. The Hall–Kier alpha value is -1.20. The van der Waals surface area contributed by atoms with Gasteiger partial charge in [-0.1, -0.05) is 0 Å². The minimum atomic E-state index is 0.0620. The van der Waals surface area contributed by atoms with Gasteiger partial charge in [-0.05, 0) is 19.0 Å². The van der Waals surface area contributed by atoms with E-state index in [-0.39, 0.29) is 5.60 Å². The second-order valence-corrected chi connectivity index (χ2v) is 4.54. The van der Waals surface area contributed by atoms with Crippen LogP contribution in [-0.4, -0.2) is 41.3 Å². The molecule has 16 heavy (non-hydrogen) atoms. The molecule has 0 saturated carbocycles. The third kappa shape index (κ3) is 1.88. The van der Waals surface area contributed by atoms with Crippen molar-refractivity contribution in [3.05, 3.63) is 18.5 Å². The van der Waals surface area contributed by atoms with Crippen LogP contribution in [0.4, 0.5) is 5.95 Å². The van der Waals surface area contributed by atoms with E-state index in [1.807, 2.05) is 6.07 Å². The summed E-state index contributed by atoms with van der Waals surface area (Å²) in [4.78, 5) is 8.33. The third-order valence-electron chi connectivity index (χ3n) is 3.31. The van der Waals surface area contributed by atoms with Crippen LogP contribution in [0.3, 0.4) is 0 Å². The first-order valence-corrected chi connectivity index (χ1v) is 5.75. The predicted molar refractivity (Wildman–Crippen MR) is 60.2 cm³/mol. The molecule has 1 aromatic rings. The molecule has 5 nitrogen and oxygen atoms in total. The molecule has 2 aliphatic heterocycles. The van der Waals surface area contributed by atoms with Crippen molar-refractivity contribution in [2.45, 2.75) is 24.5 Å². The highest BCUT2D eigenvalue weighted by Crippen LogP contribution is 2.32. The van der Waals surface area contributed by atoms with Crippen LogP contribution >= 0.6 is 0 Å². The number of rotatable bonds is 2. The number of hydrogen-bond acceptors (Lipinski definition) is 5. The lowest BCUT2D eigenvalue weighted by Crippen LogP contribution is -2.31. The van der Waals surface area contributed by atoms with E-state index in [1.54, 1.807) is 12.4 Å². The van der Waals surface area contributed by atoms with Gasteiger partial charge in [-0.2, -0.15) is 0 Å². The molecular formula is C11H16N4O. The van der Waals surface area contributed by atoms with Crippen LogP contribution < -0.4 is 10.6 Å². The molecule has 0 aliphatic carbocycles. The van der Waals surface area contributed by atoms with Crippen molar-refractivity contribution in [2.24, 2.45) is 0 Å². The number of hydrogen-bond donors (Lipinski definition) is 2. The van der Waals surface area contributed by atoms with Crippen LogP contribution in [-0.2, 0) is 4.74 Å². The Morgan fingerprint density at radius 1 is 1.44 bits per heavy atom. The van der Waals surface area contributed by atoms with Gasteiger partial charge in [0.05, 0.1) is 18.2 Å². The summed E-state index contributed by atoms with van der Waals surface area (Å²) in [6.07, 6.45) is 5.65. The normalized spacial score (nSPS) is 33.4. The van der Waals surface area contributed by atoms with Crippen molar-refractivity contribution in [3.63, 3.8) is 0 Å². The molecule has 2 atom stereocenters. The van der Waals surface area contributed by atoms with E-state index < -0.39 is 0 Å². The highest BCUT2D eigenvalue weighted by Gasteiger charge is 2.42. The molecule has 3 heterocycles. The summed E-state index contributed by atoms with van der Waals surface area (Å²) in [6, 6.07) is 2.15. The summed E-state index contributed by atoms with van der Waals surface area (Å²) in [5, 5.41) is 6.67. The van der Waals surface area contributed by atoms with Gasteiger partial charge in [-0.3, -0.25) is 0 Å². The van der Waals surface area contributed by atoms with Crippen LogP contribution in [0, 0.1) is 0 Å². The van der Waals surface area contributed by atoms with E-state index in [9.17, 15) is 0 Å². The first-order chi connectivity index (χ1) is 7.86. The van der Waals surface area contributed by atoms with Crippen molar-refractivity contribution in [1.82, 2.24) is 15.3 Å². The Kier molecular flexibility index (Phi) is 2.49. The van der Waals surface area contributed by atoms with Crippen molar-refractivity contribution in [1.29, 1.82) is 0 Å². The smallest absolute Gasteiger partial charge is 0.222 e. The Morgan fingerprint density at radius 3 is 3.06 bits per heavy atom. The van der Waals surface area contributed by atoms with Crippen LogP contribution in [0.1, 0.15) is 12.8 Å². The fourth-order valence-corrected chi connectivity index (χ4v) is 2.51. The van der Waals surface area contributed by atoms with Gasteiger partial charge in [0.25, 0.3) is 0 Å². The fourth-order valence-electron chi connectivity index (χ4n) is 2.51. The fraction of sp³-hybridized carbons (Fsp3) is 0.636. The van der Waals surface area contributed by atoms with Crippen LogP contribution in [0.15, 0.2) is 18.5 Å². The van der Waals surface area contributed by atoms with Crippen LogP contribution in [0.5, 0.6) is 0 Å². The quantitative estimate of drug-likeness (QED) is 0.756. The van der Waals surface area contributed by atoms with Gasteiger partial charge in [-0.25, -0.2) is 9.97 Å². The van der Waals surface area contributed by atoms with Crippen molar-refractivity contribution in [2.75, 3.05) is 25.0 Å². The van der Waals surface area contributed by atoms with Gasteiger partial charge in [0.15, 0.2) is 0 Å². The van der Waals surface area contributed by atoms with Gasteiger partial charge in [0.2, 0.25) is 5.95 Å². The zero-order chi connectivity index (χ0) is 10.8. The van der Waals surface area contributed by atoms with Crippen molar-refractivity contribution in [3.8, 4) is 0 Å². The second-order valence-electron chi connectivity index (χ2n) is 4.54. The summed E-state index contributed by atoms with van der Waals surface area (Å²) in [5.74, 6) is 0.694. The highest BCUT2D eigenvalue weighted by atomic mass is 16.5. The number of anilines is 1. The van der Waals surface area contributed by atoms with Gasteiger partial charge >= 0.3 is 0 Å². The van der Waals surface area contributed by atoms with Crippen LogP contribution in [0.2, 0.25) is 0 Å². The number of nitrogens with one attached hydrogen (secondary N) is 2. The average Bonchev–Trinajstić information content (AvgIpc) is 2.92. The zero-order valence-electron chi connectivity index (χ0n) is 9.15. The molecule has 3 rings (SSSR count). The van der Waals surface area contributed by atoms with E-state index in [0.717, 1.165) is 32.5 Å². The molecule has 0 aromatic carbocycles. The lowest BCUT2D eigenvalue weighted by atomic mass is 9.97. The molecule has 0 amide bonds. The Morgan fingerprint density at radius 2 is 2.31 bits per heavy atom. The van der Waals surface area contributed by atoms with Crippen molar-refractivity contribution >= 4 is 5.95 Å². The molecule has 2 N–H and O–H groups in total. The largest absolute Gasteiger partial charge is 0.371 e. The lowest BCUT2D eigenvalue weighted by molar-refractivity contribution is 0.0214.